The van der Waals surface area contributed by atoms with Crippen molar-refractivity contribution in [1.82, 2.24) is 5.32 Å². The van der Waals surface area contributed by atoms with E-state index in [1.165, 1.54) is 12.1 Å². The molecule has 35 heavy (non-hydrogen) atoms. The van der Waals surface area contributed by atoms with E-state index in [9.17, 15) is 14.4 Å². The number of imide groups is 2. The number of nitrogens with zero attached hydrogens (tertiary/aromatic N) is 1. The first-order valence-electron chi connectivity index (χ1n) is 10.2. The molecule has 0 aromatic heterocycles. The molecule has 10 heteroatoms. The number of rotatable bonds is 5. The molecule has 0 bridgehead atoms. The number of hydrogen-bond donors (Lipinski definition) is 1. The number of urea groups is 1. The molecule has 0 radical (unpaired) electrons. The van der Waals surface area contributed by atoms with Crippen LogP contribution in [-0.2, 0) is 16.2 Å². The normalized spacial score (nSPS) is 14.9. The first kappa shape index (κ1) is 25.1. The van der Waals surface area contributed by atoms with E-state index in [1.54, 1.807) is 55.5 Å². The van der Waals surface area contributed by atoms with Crippen molar-refractivity contribution in [2.75, 3.05) is 4.90 Å². The summed E-state index contributed by atoms with van der Waals surface area (Å²) in [4.78, 5) is 39.1. The quantitative estimate of drug-likeness (QED) is 0.279. The lowest BCUT2D eigenvalue weighted by Crippen LogP contribution is -2.54. The lowest BCUT2D eigenvalue weighted by molar-refractivity contribution is -0.122. The molecule has 1 N–H and O–H groups in total. The molecule has 4 rings (SSSR count). The Morgan fingerprint density at radius 1 is 0.886 bits per heavy atom. The maximum Gasteiger partial charge on any atom is 0.335 e. The molecule has 0 unspecified atom stereocenters. The minimum Gasteiger partial charge on any atom is -0.488 e. The van der Waals surface area contributed by atoms with Crippen LogP contribution in [0.2, 0.25) is 20.1 Å². The highest BCUT2D eigenvalue weighted by Crippen LogP contribution is 2.30. The van der Waals surface area contributed by atoms with Gasteiger partial charge in [-0.2, -0.15) is 0 Å². The van der Waals surface area contributed by atoms with E-state index in [0.29, 0.717) is 31.4 Å². The van der Waals surface area contributed by atoms with Crippen molar-refractivity contribution in [2.24, 2.45) is 0 Å². The predicted molar refractivity (Wildman–Crippen MR) is 137 cm³/mol. The van der Waals surface area contributed by atoms with Gasteiger partial charge in [0.15, 0.2) is 0 Å². The smallest absolute Gasteiger partial charge is 0.335 e. The monoisotopic (exact) mass is 548 g/mol. The van der Waals surface area contributed by atoms with Gasteiger partial charge >= 0.3 is 6.03 Å². The maximum atomic E-state index is 13.2. The summed E-state index contributed by atoms with van der Waals surface area (Å²) in [5.41, 5.74) is 1.85. The first-order chi connectivity index (χ1) is 16.6. The summed E-state index contributed by atoms with van der Waals surface area (Å²) in [7, 11) is 0. The number of carbonyl (C=O) groups is 3. The van der Waals surface area contributed by atoms with Gasteiger partial charge in [-0.3, -0.25) is 14.9 Å². The Morgan fingerprint density at radius 2 is 1.66 bits per heavy atom. The molecule has 1 aliphatic rings. The Bertz CT molecular complexity index is 1400. The van der Waals surface area contributed by atoms with E-state index in [-0.39, 0.29) is 17.9 Å². The summed E-state index contributed by atoms with van der Waals surface area (Å²) in [6.45, 7) is 1.93. The number of hydrogen-bond acceptors (Lipinski definition) is 4. The van der Waals surface area contributed by atoms with Crippen molar-refractivity contribution in [3.8, 4) is 5.75 Å². The van der Waals surface area contributed by atoms with Crippen molar-refractivity contribution in [2.45, 2.75) is 13.5 Å². The molecule has 1 heterocycles. The second-order valence-corrected chi connectivity index (χ2v) is 9.27. The number of aryl methyl sites for hydroxylation is 1. The lowest BCUT2D eigenvalue weighted by Gasteiger charge is -2.26. The molecule has 6 nitrogen and oxygen atoms in total. The Balaban J connectivity index is 1.67. The van der Waals surface area contributed by atoms with Crippen LogP contribution >= 0.6 is 46.4 Å². The molecule has 0 atom stereocenters. The molecular weight excluding hydrogens is 534 g/mol. The van der Waals surface area contributed by atoms with E-state index in [1.807, 2.05) is 0 Å². The summed E-state index contributed by atoms with van der Waals surface area (Å²) in [6, 6.07) is 13.7. The Morgan fingerprint density at radius 3 is 2.37 bits per heavy atom. The highest BCUT2D eigenvalue weighted by atomic mass is 35.5. The lowest BCUT2D eigenvalue weighted by atomic mass is 10.1. The highest BCUT2D eigenvalue weighted by molar-refractivity contribution is 6.42. The first-order valence-corrected chi connectivity index (χ1v) is 11.7. The average molecular weight is 550 g/mol. The van der Waals surface area contributed by atoms with Crippen LogP contribution in [0.4, 0.5) is 10.5 Å². The van der Waals surface area contributed by atoms with Crippen LogP contribution in [0, 0.1) is 6.92 Å². The number of amides is 4. The van der Waals surface area contributed by atoms with E-state index in [0.717, 1.165) is 16.0 Å². The maximum absolute atomic E-state index is 13.2. The van der Waals surface area contributed by atoms with Crippen LogP contribution in [0.5, 0.6) is 5.75 Å². The molecule has 0 saturated carbocycles. The molecular formula is C25H16Cl4N2O4. The van der Waals surface area contributed by atoms with Crippen LogP contribution in [-0.4, -0.2) is 17.8 Å². The molecule has 1 saturated heterocycles. The van der Waals surface area contributed by atoms with Crippen LogP contribution in [0.15, 0.2) is 60.2 Å². The van der Waals surface area contributed by atoms with Crippen LogP contribution in [0.3, 0.4) is 0 Å². The van der Waals surface area contributed by atoms with Crippen molar-refractivity contribution < 1.29 is 19.1 Å². The third-order valence-electron chi connectivity index (χ3n) is 5.17. The molecule has 0 spiro atoms. The van der Waals surface area contributed by atoms with Crippen LogP contribution in [0.1, 0.15) is 16.7 Å². The molecule has 1 fully saturated rings. The SMILES string of the molecule is Cc1ccc(N2C(=O)NC(=O)/C(=C\c3cc(Cl)ccc3OCc3ccc(Cl)c(Cl)c3)C2=O)cc1Cl. The fourth-order valence-corrected chi connectivity index (χ4v) is 4.00. The average Bonchev–Trinajstić information content (AvgIpc) is 2.80. The van der Waals surface area contributed by atoms with E-state index in [2.05, 4.69) is 5.32 Å². The van der Waals surface area contributed by atoms with Gasteiger partial charge in [0.2, 0.25) is 0 Å². The molecule has 1 aliphatic heterocycles. The van der Waals surface area contributed by atoms with E-state index in [4.69, 9.17) is 51.1 Å². The summed E-state index contributed by atoms with van der Waals surface area (Å²) >= 11 is 24.4. The van der Waals surface area contributed by atoms with E-state index < -0.39 is 17.8 Å². The third kappa shape index (κ3) is 5.46. The van der Waals surface area contributed by atoms with Gasteiger partial charge in [0.1, 0.15) is 17.9 Å². The zero-order valence-corrected chi connectivity index (χ0v) is 21.1. The zero-order chi connectivity index (χ0) is 25.3. The van der Waals surface area contributed by atoms with Crippen molar-refractivity contribution in [1.29, 1.82) is 0 Å². The number of benzene rings is 3. The largest absolute Gasteiger partial charge is 0.488 e. The Hall–Kier alpha value is -3.03. The fraction of sp³-hybridized carbons (Fsp3) is 0.0800. The summed E-state index contributed by atoms with van der Waals surface area (Å²) < 4.78 is 5.90. The van der Waals surface area contributed by atoms with Gasteiger partial charge in [-0.15, -0.1) is 0 Å². The topological polar surface area (TPSA) is 75.7 Å². The minimum atomic E-state index is -0.876. The van der Waals surface area contributed by atoms with Gasteiger partial charge in [0.25, 0.3) is 11.8 Å². The number of halogens is 4. The zero-order valence-electron chi connectivity index (χ0n) is 18.1. The van der Waals surface area contributed by atoms with Gasteiger partial charge in [-0.05, 0) is 66.6 Å². The third-order valence-corrected chi connectivity index (χ3v) is 6.55. The van der Waals surface area contributed by atoms with Crippen molar-refractivity contribution >= 4 is 76.0 Å². The minimum absolute atomic E-state index is 0.140. The van der Waals surface area contributed by atoms with Crippen molar-refractivity contribution in [3.63, 3.8) is 0 Å². The second-order valence-electron chi connectivity index (χ2n) is 7.61. The van der Waals surface area contributed by atoms with Crippen LogP contribution in [0.25, 0.3) is 6.08 Å². The van der Waals surface area contributed by atoms with Gasteiger partial charge in [0, 0.05) is 15.6 Å². The van der Waals surface area contributed by atoms with Gasteiger partial charge in [-0.25, -0.2) is 9.69 Å². The number of anilines is 1. The summed E-state index contributed by atoms with van der Waals surface area (Å²) in [5, 5.41) is 3.72. The Labute approximate surface area is 221 Å². The summed E-state index contributed by atoms with van der Waals surface area (Å²) in [5.74, 6) is -1.30. The number of nitrogens with one attached hydrogen (secondary N) is 1. The van der Waals surface area contributed by atoms with Crippen molar-refractivity contribution in [3.05, 3.63) is 97.0 Å². The van der Waals surface area contributed by atoms with Crippen LogP contribution < -0.4 is 15.0 Å². The Kier molecular flexibility index (Phi) is 7.38. The second kappa shape index (κ2) is 10.3. The number of carbonyl (C=O) groups excluding carboxylic acids is 3. The molecule has 3 aromatic rings. The highest BCUT2D eigenvalue weighted by Gasteiger charge is 2.37. The predicted octanol–water partition coefficient (Wildman–Crippen LogP) is 6.85. The molecule has 4 amide bonds. The number of ether oxygens (including phenoxy) is 1. The van der Waals surface area contributed by atoms with E-state index >= 15 is 0 Å². The van der Waals surface area contributed by atoms with Gasteiger partial charge < -0.3 is 4.74 Å². The standard InChI is InChI=1S/C25H16Cl4N2O4/c1-13-2-5-17(11-20(13)28)31-24(33)18(23(32)30-25(31)34)10-15-9-16(26)4-7-22(15)35-12-14-3-6-19(27)21(29)8-14/h2-11H,12H2,1H3,(H,30,32,34)/b18-10+. The molecule has 3 aromatic carbocycles. The fourth-order valence-electron chi connectivity index (χ4n) is 3.32. The molecule has 178 valence electrons. The summed E-state index contributed by atoms with van der Waals surface area (Å²) in [6.07, 6.45) is 1.32. The number of barbiturate groups is 1. The molecule has 0 aliphatic carbocycles. The van der Waals surface area contributed by atoms with Gasteiger partial charge in [-0.1, -0.05) is 58.5 Å². The van der Waals surface area contributed by atoms with Gasteiger partial charge in [0.05, 0.1) is 15.7 Å².